The summed E-state index contributed by atoms with van der Waals surface area (Å²) in [6.07, 6.45) is 7.74. The van der Waals surface area contributed by atoms with Gasteiger partial charge in [0.2, 0.25) is 5.91 Å². The molecule has 1 aromatic rings. The molecule has 0 fully saturated rings. The largest absolute Gasteiger partial charge is 0.346 e. The van der Waals surface area contributed by atoms with Crippen LogP contribution in [0.25, 0.3) is 0 Å². The molecular weight excluding hydrogens is 465 g/mol. The number of hydrogen-bond acceptors (Lipinski definition) is 2. The Balaban J connectivity index is 2.57. The lowest BCUT2D eigenvalue weighted by atomic mass is 9.83. The predicted molar refractivity (Wildman–Crippen MR) is 147 cm³/mol. The number of nitrogens with one attached hydrogen (secondary N) is 1. The molecule has 0 saturated heterocycles. The zero-order chi connectivity index (χ0) is 25.8. The molecule has 0 aliphatic carbocycles. The van der Waals surface area contributed by atoms with Crippen LogP contribution in [0.1, 0.15) is 110 Å². The molecule has 1 unspecified atom stereocenters. The van der Waals surface area contributed by atoms with E-state index in [0.717, 1.165) is 44.9 Å². The highest BCUT2D eigenvalue weighted by molar-refractivity contribution is 6.18. The first-order valence-corrected chi connectivity index (χ1v) is 14.0. The smallest absolute Gasteiger partial charge is 0.220 e. The van der Waals surface area contributed by atoms with Crippen LogP contribution in [-0.4, -0.2) is 29.5 Å². The molecule has 5 heteroatoms. The van der Waals surface area contributed by atoms with Crippen molar-refractivity contribution in [2.45, 2.75) is 111 Å². The number of hydrogen-bond donors (Lipinski definition) is 1. The normalized spacial score (nSPS) is 13.2. The summed E-state index contributed by atoms with van der Waals surface area (Å²) in [5.74, 6) is 1.76. The van der Waals surface area contributed by atoms with E-state index in [1.807, 2.05) is 20.8 Å². The van der Waals surface area contributed by atoms with Crippen molar-refractivity contribution in [2.24, 2.45) is 10.8 Å². The predicted octanol–water partition coefficient (Wildman–Crippen LogP) is 8.06. The van der Waals surface area contributed by atoms with Gasteiger partial charge in [-0.3, -0.25) is 9.59 Å². The van der Waals surface area contributed by atoms with Gasteiger partial charge in [-0.2, -0.15) is 0 Å². The third-order valence-corrected chi connectivity index (χ3v) is 6.73. The minimum atomic E-state index is -0.464. The summed E-state index contributed by atoms with van der Waals surface area (Å²) in [4.78, 5) is 25.6. The second-order valence-corrected chi connectivity index (χ2v) is 12.5. The molecule has 0 heterocycles. The SMILES string of the molecule is CC(C)(C)CCCCC(NC(=O)CCCc1ccc(C(CCCl)CCCl)cc1)C(=O)C(C)(C)C. The van der Waals surface area contributed by atoms with E-state index in [1.165, 1.54) is 11.1 Å². The van der Waals surface area contributed by atoms with Gasteiger partial charge in [-0.15, -0.1) is 23.2 Å². The Hall–Kier alpha value is -1.06. The molecule has 0 saturated carbocycles. The Morgan fingerprint density at radius 1 is 0.853 bits per heavy atom. The first-order valence-electron chi connectivity index (χ1n) is 12.9. The van der Waals surface area contributed by atoms with Gasteiger partial charge >= 0.3 is 0 Å². The number of carbonyl (C=O) groups excluding carboxylic acids is 2. The van der Waals surface area contributed by atoms with E-state index >= 15 is 0 Å². The molecule has 1 aromatic carbocycles. The lowest BCUT2D eigenvalue weighted by Gasteiger charge is -2.26. The molecule has 0 aliphatic heterocycles. The van der Waals surface area contributed by atoms with E-state index in [1.54, 1.807) is 0 Å². The summed E-state index contributed by atoms with van der Waals surface area (Å²) >= 11 is 11.9. The summed E-state index contributed by atoms with van der Waals surface area (Å²) in [5, 5.41) is 3.05. The van der Waals surface area contributed by atoms with Crippen LogP contribution in [0.3, 0.4) is 0 Å². The zero-order valence-corrected chi connectivity index (χ0v) is 23.8. The average molecular weight is 513 g/mol. The fraction of sp³-hybridized carbons (Fsp3) is 0.724. The number of rotatable bonds is 15. The molecule has 0 spiro atoms. The van der Waals surface area contributed by atoms with E-state index in [0.29, 0.717) is 35.9 Å². The van der Waals surface area contributed by atoms with Gasteiger partial charge < -0.3 is 5.32 Å². The molecule has 0 bridgehead atoms. The number of unbranched alkanes of at least 4 members (excludes halogenated alkanes) is 1. The van der Waals surface area contributed by atoms with Crippen LogP contribution >= 0.6 is 23.2 Å². The van der Waals surface area contributed by atoms with E-state index in [-0.39, 0.29) is 11.7 Å². The van der Waals surface area contributed by atoms with Crippen molar-refractivity contribution >= 4 is 34.9 Å². The van der Waals surface area contributed by atoms with Gasteiger partial charge in [0.05, 0.1) is 6.04 Å². The van der Waals surface area contributed by atoms with Gasteiger partial charge in [0.15, 0.2) is 5.78 Å². The highest BCUT2D eigenvalue weighted by Crippen LogP contribution is 2.26. The molecule has 1 rings (SSSR count). The molecule has 1 atom stereocenters. The number of carbonyl (C=O) groups is 2. The minimum Gasteiger partial charge on any atom is -0.346 e. The van der Waals surface area contributed by atoms with Gasteiger partial charge in [-0.05, 0) is 61.0 Å². The van der Waals surface area contributed by atoms with Gasteiger partial charge in [0.1, 0.15) is 0 Å². The molecule has 1 amide bonds. The van der Waals surface area contributed by atoms with Crippen molar-refractivity contribution < 1.29 is 9.59 Å². The highest BCUT2D eigenvalue weighted by Gasteiger charge is 2.30. The Labute approximate surface area is 218 Å². The first-order chi connectivity index (χ1) is 15.9. The lowest BCUT2D eigenvalue weighted by molar-refractivity contribution is -0.132. The van der Waals surface area contributed by atoms with Crippen LogP contribution in [0.5, 0.6) is 0 Å². The Kier molecular flexibility index (Phi) is 13.8. The average Bonchev–Trinajstić information content (AvgIpc) is 2.74. The third kappa shape index (κ3) is 12.6. The topological polar surface area (TPSA) is 46.2 Å². The molecule has 0 aliphatic rings. The summed E-state index contributed by atoms with van der Waals surface area (Å²) in [7, 11) is 0. The van der Waals surface area contributed by atoms with E-state index in [9.17, 15) is 9.59 Å². The summed E-state index contributed by atoms with van der Waals surface area (Å²) in [5.41, 5.74) is 2.32. The van der Waals surface area contributed by atoms with Gasteiger partial charge in [-0.1, -0.05) is 78.6 Å². The van der Waals surface area contributed by atoms with Crippen molar-refractivity contribution in [1.82, 2.24) is 5.32 Å². The van der Waals surface area contributed by atoms with Crippen LogP contribution in [0, 0.1) is 10.8 Å². The number of halogens is 2. The molecule has 0 radical (unpaired) electrons. The first kappa shape index (κ1) is 31.0. The van der Waals surface area contributed by atoms with Gasteiger partial charge in [-0.25, -0.2) is 0 Å². The number of aryl methyl sites for hydroxylation is 1. The fourth-order valence-corrected chi connectivity index (χ4v) is 4.74. The Morgan fingerprint density at radius 2 is 1.44 bits per heavy atom. The zero-order valence-electron chi connectivity index (χ0n) is 22.3. The summed E-state index contributed by atoms with van der Waals surface area (Å²) in [6.45, 7) is 12.5. The molecule has 34 heavy (non-hydrogen) atoms. The van der Waals surface area contributed by atoms with Crippen molar-refractivity contribution in [1.29, 1.82) is 0 Å². The van der Waals surface area contributed by atoms with E-state index in [4.69, 9.17) is 23.2 Å². The Bertz CT molecular complexity index is 726. The number of Topliss-reactive ketones (excluding diaryl/α,β-unsaturated/α-hetero) is 1. The maximum atomic E-state index is 12.9. The third-order valence-electron chi connectivity index (χ3n) is 6.30. The van der Waals surface area contributed by atoms with Crippen LogP contribution in [-0.2, 0) is 16.0 Å². The minimum absolute atomic E-state index is 0.0284. The summed E-state index contributed by atoms with van der Waals surface area (Å²) in [6, 6.07) is 8.21. The van der Waals surface area contributed by atoms with Crippen LogP contribution in [0.4, 0.5) is 0 Å². The summed E-state index contributed by atoms with van der Waals surface area (Å²) < 4.78 is 0. The van der Waals surface area contributed by atoms with Crippen molar-refractivity contribution in [3.05, 3.63) is 35.4 Å². The number of amides is 1. The van der Waals surface area contributed by atoms with Gasteiger partial charge in [0.25, 0.3) is 0 Å². The number of benzene rings is 1. The van der Waals surface area contributed by atoms with Crippen LogP contribution in [0.2, 0.25) is 0 Å². The molecule has 3 nitrogen and oxygen atoms in total. The maximum absolute atomic E-state index is 12.9. The van der Waals surface area contributed by atoms with Crippen molar-refractivity contribution in [3.63, 3.8) is 0 Å². The van der Waals surface area contributed by atoms with E-state index in [2.05, 4.69) is 50.4 Å². The monoisotopic (exact) mass is 511 g/mol. The van der Waals surface area contributed by atoms with Crippen molar-refractivity contribution in [2.75, 3.05) is 11.8 Å². The molecule has 0 aromatic heterocycles. The maximum Gasteiger partial charge on any atom is 0.220 e. The second kappa shape index (κ2) is 15.1. The van der Waals surface area contributed by atoms with E-state index < -0.39 is 11.5 Å². The quantitative estimate of drug-likeness (QED) is 0.191. The standard InChI is InChI=1S/C29H47Cl2NO2/c1-28(2,3)19-8-7-11-25(27(34)29(4,5)6)32-26(33)12-9-10-22-13-15-23(16-14-22)24(17-20-30)18-21-31/h13-16,24-25H,7-12,17-21H2,1-6H3,(H,32,33). The molecular formula is C29H47Cl2NO2. The molecule has 194 valence electrons. The Morgan fingerprint density at radius 3 is 1.94 bits per heavy atom. The highest BCUT2D eigenvalue weighted by atomic mass is 35.5. The number of alkyl halides is 2. The van der Waals surface area contributed by atoms with Gasteiger partial charge in [0, 0.05) is 23.6 Å². The number of ketones is 1. The van der Waals surface area contributed by atoms with Crippen LogP contribution < -0.4 is 5.32 Å². The van der Waals surface area contributed by atoms with Crippen LogP contribution in [0.15, 0.2) is 24.3 Å². The molecule has 1 N–H and O–H groups in total. The van der Waals surface area contributed by atoms with Crippen molar-refractivity contribution in [3.8, 4) is 0 Å². The lowest BCUT2D eigenvalue weighted by Crippen LogP contribution is -2.45. The fourth-order valence-electron chi connectivity index (χ4n) is 4.21. The second-order valence-electron chi connectivity index (χ2n) is 11.8.